The predicted octanol–water partition coefficient (Wildman–Crippen LogP) is 2.48. The third kappa shape index (κ3) is 3.54. The van der Waals surface area contributed by atoms with E-state index in [1.165, 1.54) is 12.1 Å². The number of hydrogen-bond donors (Lipinski definition) is 0. The minimum absolute atomic E-state index is 0.00374. The number of piperidine rings is 1. The van der Waals surface area contributed by atoms with Gasteiger partial charge in [-0.05, 0) is 31.7 Å². The van der Waals surface area contributed by atoms with E-state index in [4.69, 9.17) is 0 Å². The summed E-state index contributed by atoms with van der Waals surface area (Å²) in [6.45, 7) is 1.92. The lowest BCUT2D eigenvalue weighted by Gasteiger charge is -2.39. The lowest BCUT2D eigenvalue weighted by Crippen LogP contribution is -2.47. The molecule has 0 unspecified atom stereocenters. The van der Waals surface area contributed by atoms with E-state index < -0.39 is 9.85 Å². The number of nitrogens with zero attached hydrogens (tertiary/aromatic N) is 4. The second kappa shape index (κ2) is 7.04. The first-order chi connectivity index (χ1) is 12.0. The molecule has 0 spiro atoms. The van der Waals surface area contributed by atoms with E-state index in [1.54, 1.807) is 0 Å². The van der Waals surface area contributed by atoms with Crippen molar-refractivity contribution in [3.63, 3.8) is 0 Å². The average molecular weight is 348 g/mol. The Morgan fingerprint density at radius 2 is 1.88 bits per heavy atom. The number of rotatable bonds is 5. The number of nitro groups is 2. The maximum atomic E-state index is 11.9. The Labute approximate surface area is 144 Å². The number of carbonyl (C=O) groups excluding carboxylic acids is 1. The third-order valence-corrected chi connectivity index (χ3v) is 4.91. The number of anilines is 1. The highest BCUT2D eigenvalue weighted by Crippen LogP contribution is 2.36. The molecule has 3 rings (SSSR count). The van der Waals surface area contributed by atoms with Crippen LogP contribution in [0.2, 0.25) is 0 Å². The van der Waals surface area contributed by atoms with Crippen molar-refractivity contribution in [3.8, 4) is 0 Å². The number of benzene rings is 1. The normalized spacial score (nSPS) is 20.8. The maximum absolute atomic E-state index is 11.9. The average Bonchev–Trinajstić information content (AvgIpc) is 2.99. The van der Waals surface area contributed by atoms with Crippen LogP contribution in [0.3, 0.4) is 0 Å². The van der Waals surface area contributed by atoms with Crippen LogP contribution < -0.4 is 4.90 Å². The fourth-order valence-corrected chi connectivity index (χ4v) is 3.67. The maximum Gasteiger partial charge on any atom is 0.299 e. The molecular formula is C16H20N4O5. The lowest BCUT2D eigenvalue weighted by molar-refractivity contribution is -0.393. The van der Waals surface area contributed by atoms with Crippen molar-refractivity contribution in [2.75, 3.05) is 24.5 Å². The highest BCUT2D eigenvalue weighted by molar-refractivity contribution is 5.78. The van der Waals surface area contributed by atoms with E-state index >= 15 is 0 Å². The fraction of sp³-hybridized carbons (Fsp3) is 0.562. The van der Waals surface area contributed by atoms with Gasteiger partial charge in [0.2, 0.25) is 5.91 Å². The molecule has 0 saturated carbocycles. The number of hydrogen-bond acceptors (Lipinski definition) is 6. The Morgan fingerprint density at radius 1 is 1.08 bits per heavy atom. The standard InChI is InChI=1S/C16H20N4O5/c21-16-5-3-8-17(16)11-13-4-1-2-9-18(13)14-7-6-12(19(22)23)10-15(14)20(24)25/h6-7,10,13H,1-5,8-9,11H2/t13-/m1/s1. The van der Waals surface area contributed by atoms with Gasteiger partial charge >= 0.3 is 0 Å². The van der Waals surface area contributed by atoms with Gasteiger partial charge in [-0.1, -0.05) is 0 Å². The van der Waals surface area contributed by atoms with Gasteiger partial charge in [0.1, 0.15) is 5.69 Å². The van der Waals surface area contributed by atoms with Crippen LogP contribution in [0.15, 0.2) is 18.2 Å². The minimum Gasteiger partial charge on any atom is -0.361 e. The summed E-state index contributed by atoms with van der Waals surface area (Å²) < 4.78 is 0. The third-order valence-electron chi connectivity index (χ3n) is 4.91. The smallest absolute Gasteiger partial charge is 0.299 e. The van der Waals surface area contributed by atoms with Gasteiger partial charge in [-0.2, -0.15) is 0 Å². The molecule has 0 aromatic heterocycles. The Hall–Kier alpha value is -2.71. The van der Waals surface area contributed by atoms with Crippen LogP contribution in [-0.2, 0) is 4.79 Å². The molecule has 0 aliphatic carbocycles. The van der Waals surface area contributed by atoms with Crippen molar-refractivity contribution < 1.29 is 14.6 Å². The van der Waals surface area contributed by atoms with Crippen molar-refractivity contribution >= 4 is 23.0 Å². The molecule has 2 aliphatic heterocycles. The fourth-order valence-electron chi connectivity index (χ4n) is 3.67. The van der Waals surface area contributed by atoms with E-state index in [2.05, 4.69) is 0 Å². The second-order valence-corrected chi connectivity index (χ2v) is 6.47. The summed E-state index contributed by atoms with van der Waals surface area (Å²) >= 11 is 0. The van der Waals surface area contributed by atoms with Gasteiger partial charge in [-0.15, -0.1) is 0 Å². The largest absolute Gasteiger partial charge is 0.361 e. The molecule has 0 radical (unpaired) electrons. The quantitative estimate of drug-likeness (QED) is 0.597. The molecule has 0 bridgehead atoms. The molecule has 134 valence electrons. The summed E-state index contributed by atoms with van der Waals surface area (Å²) in [5.74, 6) is 0.128. The Morgan fingerprint density at radius 3 is 2.52 bits per heavy atom. The molecule has 25 heavy (non-hydrogen) atoms. The summed E-state index contributed by atoms with van der Waals surface area (Å²) in [6, 6.07) is 3.77. The van der Waals surface area contributed by atoms with Crippen molar-refractivity contribution in [1.29, 1.82) is 0 Å². The Kier molecular flexibility index (Phi) is 4.82. The second-order valence-electron chi connectivity index (χ2n) is 6.47. The van der Waals surface area contributed by atoms with Crippen LogP contribution >= 0.6 is 0 Å². The van der Waals surface area contributed by atoms with Gasteiger partial charge in [0.25, 0.3) is 11.4 Å². The monoisotopic (exact) mass is 348 g/mol. The first-order valence-electron chi connectivity index (χ1n) is 8.44. The lowest BCUT2D eigenvalue weighted by atomic mass is 10.00. The first kappa shape index (κ1) is 17.1. The number of non-ortho nitro benzene ring substituents is 1. The predicted molar refractivity (Wildman–Crippen MR) is 90.5 cm³/mol. The summed E-state index contributed by atoms with van der Waals surface area (Å²) in [5, 5.41) is 22.4. The van der Waals surface area contributed by atoms with Gasteiger partial charge < -0.3 is 9.80 Å². The number of nitro benzene ring substituents is 2. The first-order valence-corrected chi connectivity index (χ1v) is 8.44. The van der Waals surface area contributed by atoms with Crippen LogP contribution in [0.25, 0.3) is 0 Å². The van der Waals surface area contributed by atoms with Crippen LogP contribution in [0.5, 0.6) is 0 Å². The van der Waals surface area contributed by atoms with E-state index in [9.17, 15) is 25.0 Å². The van der Waals surface area contributed by atoms with Gasteiger partial charge in [0.15, 0.2) is 0 Å². The SMILES string of the molecule is O=C1CCCN1C[C@H]1CCCCN1c1ccc([N+](=O)[O-])cc1[N+](=O)[O-]. The number of carbonyl (C=O) groups is 1. The van der Waals surface area contributed by atoms with Crippen LogP contribution in [-0.4, -0.2) is 46.3 Å². The molecule has 9 heteroatoms. The molecule has 1 atom stereocenters. The summed E-state index contributed by atoms with van der Waals surface area (Å²) in [7, 11) is 0. The summed E-state index contributed by atoms with van der Waals surface area (Å²) in [6.07, 6.45) is 4.16. The molecule has 2 aliphatic rings. The van der Waals surface area contributed by atoms with Crippen molar-refractivity contribution in [2.45, 2.75) is 38.1 Å². The van der Waals surface area contributed by atoms with Gasteiger partial charge in [-0.25, -0.2) is 0 Å². The number of amides is 1. The van der Waals surface area contributed by atoms with Crippen LogP contribution in [0.4, 0.5) is 17.1 Å². The zero-order chi connectivity index (χ0) is 18.0. The molecule has 2 fully saturated rings. The topological polar surface area (TPSA) is 110 Å². The molecule has 2 saturated heterocycles. The summed E-state index contributed by atoms with van der Waals surface area (Å²) in [5.41, 5.74) is -0.153. The molecule has 1 aromatic carbocycles. The van der Waals surface area contributed by atoms with Gasteiger partial charge in [0, 0.05) is 38.2 Å². The summed E-state index contributed by atoms with van der Waals surface area (Å²) in [4.78, 5) is 36.8. The Bertz CT molecular complexity index is 708. The van der Waals surface area contributed by atoms with Gasteiger partial charge in [0.05, 0.1) is 15.9 Å². The van der Waals surface area contributed by atoms with Gasteiger partial charge in [-0.3, -0.25) is 25.0 Å². The van der Waals surface area contributed by atoms with Crippen molar-refractivity contribution in [1.82, 2.24) is 4.90 Å². The van der Waals surface area contributed by atoms with E-state index in [0.29, 0.717) is 25.2 Å². The molecule has 2 heterocycles. The van der Waals surface area contributed by atoms with Crippen molar-refractivity contribution in [2.24, 2.45) is 0 Å². The zero-order valence-corrected chi connectivity index (χ0v) is 13.8. The Balaban J connectivity index is 1.90. The molecular weight excluding hydrogens is 328 g/mol. The van der Waals surface area contributed by atoms with E-state index in [-0.39, 0.29) is 23.3 Å². The minimum atomic E-state index is -0.632. The van der Waals surface area contributed by atoms with E-state index in [0.717, 1.165) is 38.3 Å². The van der Waals surface area contributed by atoms with E-state index in [1.807, 2.05) is 9.80 Å². The zero-order valence-electron chi connectivity index (χ0n) is 13.8. The molecule has 1 amide bonds. The molecule has 1 aromatic rings. The number of likely N-dealkylation sites (tertiary alicyclic amines) is 1. The van der Waals surface area contributed by atoms with Crippen LogP contribution in [0, 0.1) is 20.2 Å². The molecule has 9 nitrogen and oxygen atoms in total. The highest BCUT2D eigenvalue weighted by atomic mass is 16.6. The van der Waals surface area contributed by atoms with Crippen LogP contribution in [0.1, 0.15) is 32.1 Å². The highest BCUT2D eigenvalue weighted by Gasteiger charge is 2.32. The molecule has 0 N–H and O–H groups in total. The van der Waals surface area contributed by atoms with Crippen molar-refractivity contribution in [3.05, 3.63) is 38.4 Å².